The van der Waals surface area contributed by atoms with E-state index in [1.807, 2.05) is 54.6 Å². The van der Waals surface area contributed by atoms with Gasteiger partial charge in [-0.15, -0.1) is 0 Å². The minimum Gasteiger partial charge on any atom is -0.497 e. The third-order valence-corrected chi connectivity index (χ3v) is 7.09. The highest BCUT2D eigenvalue weighted by Gasteiger charge is 2.27. The number of nitrogens with zero attached hydrogens (tertiary/aromatic N) is 4. The van der Waals surface area contributed by atoms with E-state index in [0.717, 1.165) is 48.1 Å². The van der Waals surface area contributed by atoms with Crippen molar-refractivity contribution >= 4 is 28.9 Å². The average molecular weight is 547 g/mol. The van der Waals surface area contributed by atoms with E-state index in [0.29, 0.717) is 34.5 Å². The lowest BCUT2D eigenvalue weighted by atomic mass is 9.92. The number of fused-ring (bicyclic) bond motifs is 1. The smallest absolute Gasteiger partial charge is 0.326 e. The first-order chi connectivity index (χ1) is 20.2. The highest BCUT2D eigenvalue weighted by molar-refractivity contribution is 6.02. The van der Waals surface area contributed by atoms with Gasteiger partial charge in [-0.25, -0.2) is 14.8 Å². The van der Waals surface area contributed by atoms with Crippen molar-refractivity contribution in [2.24, 2.45) is 0 Å². The Morgan fingerprint density at radius 3 is 2.34 bits per heavy atom. The third-order valence-electron chi connectivity index (χ3n) is 7.09. The van der Waals surface area contributed by atoms with Crippen LogP contribution in [0.25, 0.3) is 33.6 Å². The molecule has 2 amide bonds. The van der Waals surface area contributed by atoms with Crippen LogP contribution in [-0.4, -0.2) is 39.8 Å². The molecule has 0 saturated carbocycles. The fraction of sp³-hybridized carbons (Fsp3) is 0.188. The Balaban J connectivity index is 1.59. The number of hydrogen-bond donors (Lipinski definition) is 2. The zero-order valence-electron chi connectivity index (χ0n) is 22.9. The Hall–Kier alpha value is -5.18. The molecule has 2 N–H and O–H groups in total. The summed E-state index contributed by atoms with van der Waals surface area (Å²) in [6, 6.07) is 22.4. The first kappa shape index (κ1) is 26.1. The van der Waals surface area contributed by atoms with E-state index < -0.39 is 6.03 Å². The molecule has 2 aromatic carbocycles. The molecular formula is C32H30N6O3. The van der Waals surface area contributed by atoms with Crippen molar-refractivity contribution in [2.75, 3.05) is 24.9 Å². The van der Waals surface area contributed by atoms with Crippen molar-refractivity contribution in [3.05, 3.63) is 90.6 Å². The summed E-state index contributed by atoms with van der Waals surface area (Å²) in [6.07, 6.45) is 8.07. The maximum Gasteiger partial charge on any atom is 0.326 e. The monoisotopic (exact) mass is 546 g/mol. The van der Waals surface area contributed by atoms with Crippen LogP contribution in [0.3, 0.4) is 0 Å². The second kappa shape index (κ2) is 11.5. The number of hydrogen-bond acceptors (Lipinski definition) is 6. The minimum absolute atomic E-state index is 0.338. The Bertz CT molecular complexity index is 1710. The molecule has 0 radical (unpaired) electrons. The highest BCUT2D eigenvalue weighted by Crippen LogP contribution is 2.42. The molecule has 0 fully saturated rings. The van der Waals surface area contributed by atoms with Crippen LogP contribution in [0.15, 0.2) is 85.1 Å². The first-order valence-electron chi connectivity index (χ1n) is 13.5. The van der Waals surface area contributed by atoms with Crippen LogP contribution in [0, 0.1) is 0 Å². The second-order valence-corrected chi connectivity index (χ2v) is 9.67. The summed E-state index contributed by atoms with van der Waals surface area (Å²) in [5.41, 5.74) is 5.92. The molecular weight excluding hydrogens is 516 g/mol. The predicted molar refractivity (Wildman–Crippen MR) is 160 cm³/mol. The summed E-state index contributed by atoms with van der Waals surface area (Å²) in [6.45, 7) is 0. The third kappa shape index (κ3) is 5.21. The van der Waals surface area contributed by atoms with Crippen LogP contribution in [-0.2, 0) is 0 Å². The Morgan fingerprint density at radius 2 is 1.66 bits per heavy atom. The second-order valence-electron chi connectivity index (χ2n) is 9.67. The van der Waals surface area contributed by atoms with Crippen molar-refractivity contribution < 1.29 is 14.3 Å². The van der Waals surface area contributed by atoms with Crippen molar-refractivity contribution in [3.63, 3.8) is 0 Å². The molecule has 0 spiro atoms. The number of pyridine rings is 1. The molecule has 0 atom stereocenters. The zero-order valence-corrected chi connectivity index (χ0v) is 22.9. The van der Waals surface area contributed by atoms with E-state index in [1.54, 1.807) is 43.1 Å². The van der Waals surface area contributed by atoms with Crippen molar-refractivity contribution in [3.8, 4) is 34.0 Å². The van der Waals surface area contributed by atoms with Gasteiger partial charge in [0.15, 0.2) is 5.65 Å². The van der Waals surface area contributed by atoms with E-state index >= 15 is 0 Å². The number of urea groups is 1. The van der Waals surface area contributed by atoms with Gasteiger partial charge in [0.25, 0.3) is 0 Å². The summed E-state index contributed by atoms with van der Waals surface area (Å²) in [4.78, 5) is 22.5. The number of carbonyl (C=O) groups excluding carboxylic acids is 1. The number of allylic oxidation sites excluding steroid dienone is 2. The number of anilines is 2. The van der Waals surface area contributed by atoms with Gasteiger partial charge in [0, 0.05) is 11.8 Å². The fourth-order valence-corrected chi connectivity index (χ4v) is 5.17. The van der Waals surface area contributed by atoms with Gasteiger partial charge in [0.1, 0.15) is 23.1 Å². The van der Waals surface area contributed by atoms with E-state index in [-0.39, 0.29) is 0 Å². The molecule has 9 heteroatoms. The number of benzene rings is 2. The van der Waals surface area contributed by atoms with Gasteiger partial charge in [0.2, 0.25) is 5.88 Å². The number of amides is 2. The van der Waals surface area contributed by atoms with Gasteiger partial charge < -0.3 is 9.47 Å². The van der Waals surface area contributed by atoms with E-state index in [4.69, 9.17) is 19.6 Å². The molecule has 9 nitrogen and oxygen atoms in total. The summed E-state index contributed by atoms with van der Waals surface area (Å²) < 4.78 is 13.1. The lowest BCUT2D eigenvalue weighted by Gasteiger charge is -2.17. The standard InChI is InChI=1S/C32H30N6O3/c1-40-24-18-16-22(17-19-24)27-29(36-32(39)34-25-15-9-10-20-33-25)35-30-26(21-11-5-3-6-12-21)28(23-13-7-4-8-14-23)37-38(30)31(27)41-2/h4,7-11,13-20H,3,5-6,12H2,1-2H3,(H2,33,34,35,36,39). The van der Waals surface area contributed by atoms with Gasteiger partial charge in [0.05, 0.1) is 25.3 Å². The average Bonchev–Trinajstić information content (AvgIpc) is 3.41. The topological polar surface area (TPSA) is 103 Å². The molecule has 0 bridgehead atoms. The largest absolute Gasteiger partial charge is 0.497 e. The number of nitrogens with one attached hydrogen (secondary N) is 2. The molecule has 1 aliphatic rings. The van der Waals surface area contributed by atoms with Gasteiger partial charge in [-0.05, 0) is 61.1 Å². The quantitative estimate of drug-likeness (QED) is 0.226. The molecule has 3 aromatic heterocycles. The maximum atomic E-state index is 13.2. The van der Waals surface area contributed by atoms with Gasteiger partial charge in [-0.3, -0.25) is 10.6 Å². The van der Waals surface area contributed by atoms with Crippen LogP contribution in [0.2, 0.25) is 0 Å². The summed E-state index contributed by atoms with van der Waals surface area (Å²) in [5.74, 6) is 1.92. The van der Waals surface area contributed by atoms with Gasteiger partial charge in [-0.1, -0.05) is 54.6 Å². The summed E-state index contributed by atoms with van der Waals surface area (Å²) in [5, 5.41) is 10.8. The van der Waals surface area contributed by atoms with Crippen LogP contribution in [0.5, 0.6) is 11.6 Å². The fourth-order valence-electron chi connectivity index (χ4n) is 5.17. The Kier molecular flexibility index (Phi) is 7.32. The predicted octanol–water partition coefficient (Wildman–Crippen LogP) is 7.08. The van der Waals surface area contributed by atoms with E-state index in [1.165, 1.54) is 5.57 Å². The minimum atomic E-state index is -0.474. The van der Waals surface area contributed by atoms with Gasteiger partial charge >= 0.3 is 6.03 Å². The normalized spacial score (nSPS) is 13.0. The number of rotatable bonds is 7. The number of carbonyl (C=O) groups is 1. The molecule has 0 aliphatic heterocycles. The summed E-state index contributed by atoms with van der Waals surface area (Å²) in [7, 11) is 3.22. The molecule has 206 valence electrons. The van der Waals surface area contributed by atoms with Crippen LogP contribution < -0.4 is 20.1 Å². The highest BCUT2D eigenvalue weighted by atomic mass is 16.5. The van der Waals surface area contributed by atoms with E-state index in [9.17, 15) is 4.79 Å². The first-order valence-corrected chi connectivity index (χ1v) is 13.5. The van der Waals surface area contributed by atoms with E-state index in [2.05, 4.69) is 21.7 Å². The summed E-state index contributed by atoms with van der Waals surface area (Å²) >= 11 is 0. The van der Waals surface area contributed by atoms with Crippen molar-refractivity contribution in [2.45, 2.75) is 25.7 Å². The number of ether oxygens (including phenoxy) is 2. The molecule has 0 saturated heterocycles. The molecule has 3 heterocycles. The molecule has 1 aliphatic carbocycles. The lowest BCUT2D eigenvalue weighted by Crippen LogP contribution is -2.22. The maximum absolute atomic E-state index is 13.2. The molecule has 41 heavy (non-hydrogen) atoms. The van der Waals surface area contributed by atoms with Crippen LogP contribution in [0.1, 0.15) is 31.2 Å². The van der Waals surface area contributed by atoms with Crippen LogP contribution in [0.4, 0.5) is 16.4 Å². The Labute approximate surface area is 237 Å². The van der Waals surface area contributed by atoms with Gasteiger partial charge in [-0.2, -0.15) is 9.61 Å². The molecule has 0 unspecified atom stereocenters. The Morgan fingerprint density at radius 1 is 0.854 bits per heavy atom. The van der Waals surface area contributed by atoms with Crippen LogP contribution >= 0.6 is 0 Å². The van der Waals surface area contributed by atoms with Crippen molar-refractivity contribution in [1.82, 2.24) is 19.6 Å². The molecule has 5 aromatic rings. The zero-order chi connectivity index (χ0) is 28.2. The number of aromatic nitrogens is 4. The SMILES string of the molecule is COc1ccc(-c2c(NC(=O)Nc3ccccn3)nc3c(C4=CCCCC4)c(-c4ccccc4)nn3c2OC)cc1. The molecule has 6 rings (SSSR count). The number of methoxy groups -OCH3 is 2. The van der Waals surface area contributed by atoms with Crippen molar-refractivity contribution in [1.29, 1.82) is 0 Å². The lowest BCUT2D eigenvalue weighted by molar-refractivity contribution is 0.262.